The van der Waals surface area contributed by atoms with Crippen molar-refractivity contribution in [1.29, 1.82) is 0 Å². The fourth-order valence-corrected chi connectivity index (χ4v) is 6.41. The van der Waals surface area contributed by atoms with Gasteiger partial charge in [0.1, 0.15) is 0 Å². The second-order valence-electron chi connectivity index (χ2n) is 13.4. The average Bonchev–Trinajstić information content (AvgIpc) is 2.95. The molecule has 4 heteroatoms. The average molecular weight is 581 g/mol. The molecule has 4 atom stereocenters. The summed E-state index contributed by atoms with van der Waals surface area (Å²) >= 11 is 0. The van der Waals surface area contributed by atoms with Crippen molar-refractivity contribution in [2.75, 3.05) is 6.61 Å². The van der Waals surface area contributed by atoms with E-state index >= 15 is 0 Å². The van der Waals surface area contributed by atoms with E-state index in [0.29, 0.717) is 36.7 Å². The molecule has 0 aliphatic heterocycles. The molecule has 0 spiro atoms. The van der Waals surface area contributed by atoms with Crippen LogP contribution in [0.2, 0.25) is 0 Å². The molecule has 4 unspecified atom stereocenters. The molecule has 0 saturated carbocycles. The molecule has 0 amide bonds. The molecule has 0 aromatic heterocycles. The van der Waals surface area contributed by atoms with Gasteiger partial charge in [-0.3, -0.25) is 9.59 Å². The van der Waals surface area contributed by atoms with Gasteiger partial charge in [-0.05, 0) is 49.4 Å². The highest BCUT2D eigenvalue weighted by Crippen LogP contribution is 2.35. The SMILES string of the molecule is CCCCC(CC)COC(=O)C(CC(CC)CCCC)C(CCCCCCCCCCCCCCC(=O)O)C(C)C. The topological polar surface area (TPSA) is 63.6 Å². The van der Waals surface area contributed by atoms with E-state index in [1.54, 1.807) is 0 Å². The van der Waals surface area contributed by atoms with Gasteiger partial charge in [-0.15, -0.1) is 0 Å². The third-order valence-corrected chi connectivity index (χ3v) is 9.49. The molecule has 1 N–H and O–H groups in total. The first-order chi connectivity index (χ1) is 19.8. The van der Waals surface area contributed by atoms with Crippen LogP contribution in [0.1, 0.15) is 189 Å². The number of hydrogen-bond acceptors (Lipinski definition) is 3. The molecule has 41 heavy (non-hydrogen) atoms. The van der Waals surface area contributed by atoms with Crippen molar-refractivity contribution < 1.29 is 19.4 Å². The lowest BCUT2D eigenvalue weighted by molar-refractivity contribution is -0.154. The predicted molar refractivity (Wildman–Crippen MR) is 176 cm³/mol. The molecule has 0 rings (SSSR count). The summed E-state index contributed by atoms with van der Waals surface area (Å²) in [5.41, 5.74) is 0. The van der Waals surface area contributed by atoms with Crippen LogP contribution in [0.25, 0.3) is 0 Å². The highest BCUT2D eigenvalue weighted by molar-refractivity contribution is 5.73. The normalized spacial score (nSPS) is 14.6. The second kappa shape index (κ2) is 27.8. The smallest absolute Gasteiger partial charge is 0.309 e. The first-order valence-corrected chi connectivity index (χ1v) is 18.2. The Bertz CT molecular complexity index is 602. The summed E-state index contributed by atoms with van der Waals surface area (Å²) in [6.07, 6.45) is 26.7. The molecule has 244 valence electrons. The van der Waals surface area contributed by atoms with Gasteiger partial charge in [0.25, 0.3) is 0 Å². The van der Waals surface area contributed by atoms with Crippen LogP contribution in [0, 0.1) is 29.6 Å². The van der Waals surface area contributed by atoms with Crippen LogP contribution in [0.4, 0.5) is 0 Å². The van der Waals surface area contributed by atoms with Gasteiger partial charge in [0, 0.05) is 6.42 Å². The predicted octanol–water partition coefficient (Wildman–Crippen LogP) is 11.8. The largest absolute Gasteiger partial charge is 0.481 e. The Morgan fingerprint density at radius 3 is 1.51 bits per heavy atom. The molecule has 0 aromatic rings. The second-order valence-corrected chi connectivity index (χ2v) is 13.4. The zero-order valence-electron chi connectivity index (χ0n) is 28.5. The maximum Gasteiger partial charge on any atom is 0.309 e. The fourth-order valence-electron chi connectivity index (χ4n) is 6.41. The number of carbonyl (C=O) groups is 2. The van der Waals surface area contributed by atoms with Crippen molar-refractivity contribution in [2.24, 2.45) is 29.6 Å². The van der Waals surface area contributed by atoms with Gasteiger partial charge in [0.2, 0.25) is 0 Å². The van der Waals surface area contributed by atoms with E-state index in [2.05, 4.69) is 41.5 Å². The molecule has 0 radical (unpaired) electrons. The van der Waals surface area contributed by atoms with Crippen molar-refractivity contribution in [3.05, 3.63) is 0 Å². The Morgan fingerprint density at radius 1 is 0.610 bits per heavy atom. The number of ether oxygens (including phenoxy) is 1. The maximum absolute atomic E-state index is 13.6. The standard InChI is InChI=1S/C37H72O4/c1-7-11-25-32(9-3)29-35(37(40)41-30-33(10-4)26-12-8-2)34(31(5)6)27-23-21-19-17-15-13-14-16-18-20-22-24-28-36(38)39/h31-35H,7-30H2,1-6H3,(H,38,39). The van der Waals surface area contributed by atoms with Gasteiger partial charge < -0.3 is 9.84 Å². The van der Waals surface area contributed by atoms with Crippen LogP contribution < -0.4 is 0 Å². The highest BCUT2D eigenvalue weighted by Gasteiger charge is 2.33. The van der Waals surface area contributed by atoms with E-state index in [1.165, 1.54) is 103 Å². The number of carbonyl (C=O) groups excluding carboxylic acids is 1. The van der Waals surface area contributed by atoms with Crippen LogP contribution in [-0.4, -0.2) is 23.7 Å². The Labute approximate surface area is 256 Å². The summed E-state index contributed by atoms with van der Waals surface area (Å²) < 4.78 is 6.10. The van der Waals surface area contributed by atoms with E-state index in [4.69, 9.17) is 9.84 Å². The Morgan fingerprint density at radius 2 is 1.07 bits per heavy atom. The molecule has 0 heterocycles. The van der Waals surface area contributed by atoms with Gasteiger partial charge >= 0.3 is 11.9 Å². The van der Waals surface area contributed by atoms with Gasteiger partial charge in [-0.1, -0.05) is 157 Å². The van der Waals surface area contributed by atoms with Crippen LogP contribution in [0.3, 0.4) is 0 Å². The Balaban J connectivity index is 4.64. The van der Waals surface area contributed by atoms with Crippen LogP contribution >= 0.6 is 0 Å². The summed E-state index contributed by atoms with van der Waals surface area (Å²) in [5.74, 6) is 1.52. The molecule has 4 nitrogen and oxygen atoms in total. The Kier molecular flexibility index (Phi) is 27.0. The van der Waals surface area contributed by atoms with E-state index < -0.39 is 5.97 Å². The van der Waals surface area contributed by atoms with Crippen molar-refractivity contribution in [3.63, 3.8) is 0 Å². The number of rotatable bonds is 30. The first-order valence-electron chi connectivity index (χ1n) is 18.2. The van der Waals surface area contributed by atoms with E-state index in [1.807, 2.05) is 0 Å². The number of esters is 1. The summed E-state index contributed by atoms with van der Waals surface area (Å²) in [4.78, 5) is 24.2. The zero-order chi connectivity index (χ0) is 30.7. The molecule has 0 aliphatic carbocycles. The lowest BCUT2D eigenvalue weighted by Crippen LogP contribution is -2.32. The van der Waals surface area contributed by atoms with E-state index in [9.17, 15) is 9.59 Å². The van der Waals surface area contributed by atoms with E-state index in [-0.39, 0.29) is 11.9 Å². The molecule has 0 aliphatic rings. The van der Waals surface area contributed by atoms with Crippen molar-refractivity contribution in [2.45, 2.75) is 189 Å². The number of carboxylic acids is 1. The van der Waals surface area contributed by atoms with Crippen LogP contribution in [-0.2, 0) is 14.3 Å². The lowest BCUT2D eigenvalue weighted by Gasteiger charge is -2.32. The van der Waals surface area contributed by atoms with Crippen LogP contribution in [0.15, 0.2) is 0 Å². The van der Waals surface area contributed by atoms with Gasteiger partial charge in [0.05, 0.1) is 12.5 Å². The zero-order valence-corrected chi connectivity index (χ0v) is 28.5. The number of aliphatic carboxylic acids is 1. The van der Waals surface area contributed by atoms with Crippen LogP contribution in [0.5, 0.6) is 0 Å². The third kappa shape index (κ3) is 22.2. The van der Waals surface area contributed by atoms with Gasteiger partial charge in [0.15, 0.2) is 0 Å². The molecule has 0 saturated heterocycles. The lowest BCUT2D eigenvalue weighted by atomic mass is 9.74. The minimum Gasteiger partial charge on any atom is -0.481 e. The van der Waals surface area contributed by atoms with Crippen molar-refractivity contribution in [1.82, 2.24) is 0 Å². The maximum atomic E-state index is 13.6. The highest BCUT2D eigenvalue weighted by atomic mass is 16.5. The number of carboxylic acid groups (broad SMARTS) is 1. The minimum atomic E-state index is -0.669. The van der Waals surface area contributed by atoms with E-state index in [0.717, 1.165) is 38.5 Å². The van der Waals surface area contributed by atoms with Gasteiger partial charge in [-0.2, -0.15) is 0 Å². The molecule has 0 fully saturated rings. The fraction of sp³-hybridized carbons (Fsp3) is 0.946. The summed E-state index contributed by atoms with van der Waals surface area (Å²) in [7, 11) is 0. The molecule has 0 aromatic carbocycles. The minimum absolute atomic E-state index is 0.0459. The quantitative estimate of drug-likeness (QED) is 0.0678. The molecule has 0 bridgehead atoms. The first kappa shape index (κ1) is 39.9. The Hall–Kier alpha value is -1.06. The monoisotopic (exact) mass is 581 g/mol. The molecular formula is C37H72O4. The summed E-state index contributed by atoms with van der Waals surface area (Å²) in [6.45, 7) is 14.3. The van der Waals surface area contributed by atoms with Crippen molar-refractivity contribution >= 4 is 11.9 Å². The third-order valence-electron chi connectivity index (χ3n) is 9.49. The molecular weight excluding hydrogens is 508 g/mol. The summed E-state index contributed by atoms with van der Waals surface area (Å²) in [6, 6.07) is 0. The number of hydrogen-bond donors (Lipinski definition) is 1. The summed E-state index contributed by atoms with van der Waals surface area (Å²) in [5, 5.41) is 8.70. The van der Waals surface area contributed by atoms with Crippen molar-refractivity contribution in [3.8, 4) is 0 Å². The van der Waals surface area contributed by atoms with Gasteiger partial charge in [-0.25, -0.2) is 0 Å². The number of unbranched alkanes of at least 4 members (excludes halogenated alkanes) is 13.